The largest absolute Gasteiger partial charge is 0.336 e. The molecule has 1 atom stereocenters. The highest BCUT2D eigenvalue weighted by atomic mass is 35.5. The van der Waals surface area contributed by atoms with Crippen LogP contribution in [0.4, 0.5) is 0 Å². The number of piperidine rings is 1. The first-order valence-corrected chi connectivity index (χ1v) is 8.81. The van der Waals surface area contributed by atoms with Crippen molar-refractivity contribution < 1.29 is 4.79 Å². The van der Waals surface area contributed by atoms with E-state index in [2.05, 4.69) is 10.2 Å². The maximum absolute atomic E-state index is 12.8. The summed E-state index contributed by atoms with van der Waals surface area (Å²) in [4.78, 5) is 14.8. The van der Waals surface area contributed by atoms with Gasteiger partial charge in [0.15, 0.2) is 0 Å². The first kappa shape index (κ1) is 17.0. The summed E-state index contributed by atoms with van der Waals surface area (Å²) < 4.78 is 3.65. The molecule has 0 unspecified atom stereocenters. The van der Waals surface area contributed by atoms with Crippen molar-refractivity contribution in [1.29, 1.82) is 0 Å². The van der Waals surface area contributed by atoms with Gasteiger partial charge in [0, 0.05) is 12.7 Å². The van der Waals surface area contributed by atoms with Gasteiger partial charge in [-0.05, 0) is 45.6 Å². The Morgan fingerprint density at radius 3 is 2.75 bits per heavy atom. The predicted molar refractivity (Wildman–Crippen MR) is 93.0 cm³/mol. The van der Waals surface area contributed by atoms with E-state index >= 15 is 0 Å². The first-order valence-electron chi connectivity index (χ1n) is 8.43. The molecule has 0 N–H and O–H groups in total. The minimum Gasteiger partial charge on any atom is -0.336 e. The van der Waals surface area contributed by atoms with Crippen LogP contribution < -0.4 is 0 Å². The fraction of sp³-hybridized carbons (Fsp3) is 0.588. The van der Waals surface area contributed by atoms with Crippen LogP contribution in [0.1, 0.15) is 36.2 Å². The second-order valence-corrected chi connectivity index (χ2v) is 7.00. The zero-order valence-electron chi connectivity index (χ0n) is 14.5. The zero-order chi connectivity index (χ0) is 17.3. The smallest absolute Gasteiger partial charge is 0.244 e. The zero-order valence-corrected chi connectivity index (χ0v) is 15.3. The molecule has 24 heavy (non-hydrogen) atoms. The van der Waals surface area contributed by atoms with Crippen molar-refractivity contribution in [2.45, 2.75) is 59.2 Å². The third-order valence-corrected chi connectivity index (χ3v) is 5.23. The van der Waals surface area contributed by atoms with Crippen LogP contribution in [-0.4, -0.2) is 43.0 Å². The second-order valence-electron chi connectivity index (χ2n) is 6.62. The van der Waals surface area contributed by atoms with Crippen molar-refractivity contribution in [2.24, 2.45) is 0 Å². The maximum atomic E-state index is 12.8. The number of aromatic nitrogens is 4. The van der Waals surface area contributed by atoms with Crippen molar-refractivity contribution in [3.8, 4) is 0 Å². The average molecular weight is 350 g/mol. The number of carbonyl (C=O) groups is 1. The standard InChI is InChI=1S/C17H24ClN5O/c1-12-8-19-21(9-12)10-15-6-4-5-7-22(15)16(24)11-23-14(3)17(18)13(2)20-23/h8-9,15H,4-7,10-11H2,1-3H3/t15-/m1/s1. The normalized spacial score (nSPS) is 18.2. The summed E-state index contributed by atoms with van der Waals surface area (Å²) in [6.07, 6.45) is 7.10. The van der Waals surface area contributed by atoms with Crippen molar-refractivity contribution in [2.75, 3.05) is 6.54 Å². The number of rotatable bonds is 4. The van der Waals surface area contributed by atoms with Gasteiger partial charge in [-0.25, -0.2) is 0 Å². The molecule has 0 aromatic carbocycles. The fourth-order valence-corrected chi connectivity index (χ4v) is 3.48. The molecular formula is C17H24ClN5O. The van der Waals surface area contributed by atoms with Crippen LogP contribution in [0.3, 0.4) is 0 Å². The van der Waals surface area contributed by atoms with Crippen molar-refractivity contribution in [3.05, 3.63) is 34.4 Å². The molecule has 2 aromatic heterocycles. The molecule has 0 saturated carbocycles. The van der Waals surface area contributed by atoms with Crippen LogP contribution in [0.25, 0.3) is 0 Å². The number of aryl methyl sites for hydroxylation is 2. The molecule has 1 aliphatic heterocycles. The quantitative estimate of drug-likeness (QED) is 0.852. The van der Waals surface area contributed by atoms with Gasteiger partial charge in [-0.1, -0.05) is 11.6 Å². The van der Waals surface area contributed by atoms with Crippen molar-refractivity contribution >= 4 is 17.5 Å². The van der Waals surface area contributed by atoms with E-state index in [1.807, 2.05) is 42.7 Å². The average Bonchev–Trinajstić information content (AvgIpc) is 3.07. The highest BCUT2D eigenvalue weighted by molar-refractivity contribution is 6.31. The lowest BCUT2D eigenvalue weighted by atomic mass is 10.0. The van der Waals surface area contributed by atoms with Gasteiger partial charge < -0.3 is 4.90 Å². The van der Waals surface area contributed by atoms with Gasteiger partial charge in [0.25, 0.3) is 0 Å². The number of halogens is 1. The number of nitrogens with zero attached hydrogens (tertiary/aromatic N) is 5. The fourth-order valence-electron chi connectivity index (χ4n) is 3.35. The van der Waals surface area contributed by atoms with E-state index in [0.29, 0.717) is 5.02 Å². The summed E-state index contributed by atoms with van der Waals surface area (Å²) in [6.45, 7) is 7.58. The Labute approximate surface area is 147 Å². The minimum atomic E-state index is 0.103. The Hall–Kier alpha value is -1.82. The molecule has 6 nitrogen and oxygen atoms in total. The molecule has 1 fully saturated rings. The molecule has 1 amide bonds. The topological polar surface area (TPSA) is 56.0 Å². The number of likely N-dealkylation sites (tertiary alicyclic amines) is 1. The molecule has 130 valence electrons. The van der Waals surface area contributed by atoms with Gasteiger partial charge in [-0.3, -0.25) is 14.2 Å². The summed E-state index contributed by atoms with van der Waals surface area (Å²) >= 11 is 6.19. The van der Waals surface area contributed by atoms with E-state index in [4.69, 9.17) is 11.6 Å². The molecule has 0 bridgehead atoms. The Morgan fingerprint density at radius 2 is 2.12 bits per heavy atom. The Balaban J connectivity index is 1.72. The van der Waals surface area contributed by atoms with Crippen molar-refractivity contribution in [1.82, 2.24) is 24.5 Å². The van der Waals surface area contributed by atoms with Crippen LogP contribution in [0.5, 0.6) is 0 Å². The highest BCUT2D eigenvalue weighted by Gasteiger charge is 2.28. The van der Waals surface area contributed by atoms with Crippen LogP contribution in [0, 0.1) is 20.8 Å². The van der Waals surface area contributed by atoms with Crippen LogP contribution in [0.2, 0.25) is 5.02 Å². The molecule has 3 rings (SSSR count). The van der Waals surface area contributed by atoms with E-state index in [9.17, 15) is 4.79 Å². The SMILES string of the molecule is Cc1cnn(C[C@H]2CCCCN2C(=O)Cn2nc(C)c(Cl)c2C)c1. The van der Waals surface area contributed by atoms with Crippen LogP contribution >= 0.6 is 11.6 Å². The summed E-state index contributed by atoms with van der Waals surface area (Å²) in [7, 11) is 0. The summed E-state index contributed by atoms with van der Waals surface area (Å²) in [5, 5.41) is 9.38. The van der Waals surface area contributed by atoms with E-state index in [1.165, 1.54) is 0 Å². The van der Waals surface area contributed by atoms with Gasteiger partial charge in [0.1, 0.15) is 6.54 Å². The summed E-state index contributed by atoms with van der Waals surface area (Å²) in [5.41, 5.74) is 2.75. The molecule has 1 saturated heterocycles. The number of amides is 1. The Bertz CT molecular complexity index is 735. The Morgan fingerprint density at radius 1 is 1.33 bits per heavy atom. The van der Waals surface area contributed by atoms with Gasteiger partial charge in [-0.2, -0.15) is 10.2 Å². The van der Waals surface area contributed by atoms with E-state index in [-0.39, 0.29) is 18.5 Å². The predicted octanol–water partition coefficient (Wildman–Crippen LogP) is 2.74. The highest BCUT2D eigenvalue weighted by Crippen LogP contribution is 2.22. The molecule has 0 radical (unpaired) electrons. The summed E-state index contributed by atoms with van der Waals surface area (Å²) in [5.74, 6) is 0.103. The molecule has 0 aliphatic carbocycles. The lowest BCUT2D eigenvalue weighted by Gasteiger charge is -2.35. The third-order valence-electron chi connectivity index (χ3n) is 4.69. The lowest BCUT2D eigenvalue weighted by molar-refractivity contribution is -0.136. The van der Waals surface area contributed by atoms with Crippen LogP contribution in [-0.2, 0) is 17.9 Å². The van der Waals surface area contributed by atoms with Gasteiger partial charge in [0.2, 0.25) is 5.91 Å². The van der Waals surface area contributed by atoms with E-state index in [1.54, 1.807) is 4.68 Å². The molecule has 0 spiro atoms. The monoisotopic (exact) mass is 349 g/mol. The van der Waals surface area contributed by atoms with Gasteiger partial charge >= 0.3 is 0 Å². The van der Waals surface area contributed by atoms with E-state index < -0.39 is 0 Å². The number of carbonyl (C=O) groups excluding carboxylic acids is 1. The summed E-state index contributed by atoms with van der Waals surface area (Å²) in [6, 6.07) is 0.193. The number of hydrogen-bond acceptors (Lipinski definition) is 3. The van der Waals surface area contributed by atoms with Crippen molar-refractivity contribution in [3.63, 3.8) is 0 Å². The molecule has 3 heterocycles. The molecular weight excluding hydrogens is 326 g/mol. The third kappa shape index (κ3) is 3.48. The molecule has 2 aromatic rings. The van der Waals surface area contributed by atoms with E-state index in [0.717, 1.165) is 49.3 Å². The number of hydrogen-bond donors (Lipinski definition) is 0. The Kier molecular flexibility index (Phi) is 4.94. The second kappa shape index (κ2) is 6.97. The van der Waals surface area contributed by atoms with Gasteiger partial charge in [0.05, 0.1) is 35.2 Å². The lowest BCUT2D eigenvalue weighted by Crippen LogP contribution is -2.47. The maximum Gasteiger partial charge on any atom is 0.244 e. The minimum absolute atomic E-state index is 0.103. The first-order chi connectivity index (χ1) is 11.5. The van der Waals surface area contributed by atoms with Gasteiger partial charge in [-0.15, -0.1) is 0 Å². The molecule has 7 heteroatoms. The molecule has 1 aliphatic rings. The van der Waals surface area contributed by atoms with Crippen LogP contribution in [0.15, 0.2) is 12.4 Å².